The summed E-state index contributed by atoms with van der Waals surface area (Å²) in [6, 6.07) is 7.05. The summed E-state index contributed by atoms with van der Waals surface area (Å²) in [6.07, 6.45) is 3.02. The third-order valence-electron chi connectivity index (χ3n) is 6.05. The quantitative estimate of drug-likeness (QED) is 0.825. The van der Waals surface area contributed by atoms with Crippen molar-refractivity contribution in [3.05, 3.63) is 29.3 Å². The number of anilines is 1. The maximum Gasteiger partial charge on any atom is 0.411 e. The van der Waals surface area contributed by atoms with E-state index >= 15 is 0 Å². The molecule has 4 heteroatoms. The Hall–Kier alpha value is -1.22. The van der Waals surface area contributed by atoms with Crippen LogP contribution in [-0.4, -0.2) is 12.2 Å². The minimum Gasteiger partial charge on any atom is -0.445 e. The minimum atomic E-state index is -0.369. The molecule has 2 saturated carbocycles. The normalized spacial score (nSPS) is 33.0. The lowest BCUT2D eigenvalue weighted by molar-refractivity contribution is 0.00148. The van der Waals surface area contributed by atoms with E-state index in [2.05, 4.69) is 26.1 Å². The van der Waals surface area contributed by atoms with E-state index in [0.717, 1.165) is 12.8 Å². The number of hydrogen-bond donors (Lipinski definition) is 1. The van der Waals surface area contributed by atoms with Crippen LogP contribution in [0.2, 0.25) is 5.02 Å². The molecular formula is C17H22ClNO2. The lowest BCUT2D eigenvalue weighted by atomic mass is 9.70. The van der Waals surface area contributed by atoms with Crippen LogP contribution in [0.4, 0.5) is 10.5 Å². The number of rotatable bonds is 2. The van der Waals surface area contributed by atoms with Gasteiger partial charge in [0.25, 0.3) is 0 Å². The smallest absolute Gasteiger partial charge is 0.411 e. The molecule has 3 rings (SSSR count). The molecule has 2 aliphatic carbocycles. The molecule has 0 saturated heterocycles. The molecule has 1 aromatic carbocycles. The first-order chi connectivity index (χ1) is 9.83. The van der Waals surface area contributed by atoms with Gasteiger partial charge >= 0.3 is 6.09 Å². The zero-order valence-electron chi connectivity index (χ0n) is 12.8. The Kier molecular flexibility index (Phi) is 3.44. The van der Waals surface area contributed by atoms with Crippen molar-refractivity contribution in [1.29, 1.82) is 0 Å². The molecule has 2 bridgehead atoms. The molecule has 1 N–H and O–H groups in total. The van der Waals surface area contributed by atoms with Gasteiger partial charge in [-0.15, -0.1) is 0 Å². The summed E-state index contributed by atoms with van der Waals surface area (Å²) in [6.45, 7) is 6.89. The SMILES string of the molecule is CC1(C)C2CCC1(C)C(OC(=O)Nc1ccc(Cl)cc1)C2. The van der Waals surface area contributed by atoms with E-state index in [-0.39, 0.29) is 23.0 Å². The summed E-state index contributed by atoms with van der Waals surface area (Å²) in [4.78, 5) is 12.1. The third kappa shape index (κ3) is 2.32. The molecule has 0 aromatic heterocycles. The van der Waals surface area contributed by atoms with Gasteiger partial charge in [-0.05, 0) is 54.9 Å². The number of ether oxygens (including phenoxy) is 1. The van der Waals surface area contributed by atoms with Crippen LogP contribution >= 0.6 is 11.6 Å². The highest BCUT2D eigenvalue weighted by atomic mass is 35.5. The highest BCUT2D eigenvalue weighted by Gasteiger charge is 2.62. The van der Waals surface area contributed by atoms with Gasteiger partial charge in [0, 0.05) is 16.1 Å². The van der Waals surface area contributed by atoms with Gasteiger partial charge in [-0.3, -0.25) is 5.32 Å². The zero-order chi connectivity index (χ0) is 15.3. The Bertz CT molecular complexity index is 554. The molecule has 3 unspecified atom stereocenters. The molecule has 21 heavy (non-hydrogen) atoms. The molecule has 2 aliphatic rings. The molecule has 1 aromatic rings. The van der Waals surface area contributed by atoms with Crippen LogP contribution in [0.5, 0.6) is 0 Å². The number of carbonyl (C=O) groups excluding carboxylic acids is 1. The first kappa shape index (κ1) is 14.7. The Labute approximate surface area is 131 Å². The average Bonchev–Trinajstić information content (AvgIpc) is 2.74. The van der Waals surface area contributed by atoms with Gasteiger partial charge in [0.15, 0.2) is 0 Å². The number of halogens is 1. The van der Waals surface area contributed by atoms with Crippen molar-refractivity contribution in [3.8, 4) is 0 Å². The molecule has 0 heterocycles. The van der Waals surface area contributed by atoms with Gasteiger partial charge in [-0.25, -0.2) is 4.79 Å². The first-order valence-electron chi connectivity index (χ1n) is 7.56. The summed E-state index contributed by atoms with van der Waals surface area (Å²) in [5, 5.41) is 3.43. The van der Waals surface area contributed by atoms with E-state index in [4.69, 9.17) is 16.3 Å². The van der Waals surface area contributed by atoms with Crippen LogP contribution in [0.15, 0.2) is 24.3 Å². The fourth-order valence-electron chi connectivity index (χ4n) is 4.12. The topological polar surface area (TPSA) is 38.3 Å². The van der Waals surface area contributed by atoms with Crippen molar-refractivity contribution in [2.24, 2.45) is 16.7 Å². The summed E-state index contributed by atoms with van der Waals surface area (Å²) < 4.78 is 5.74. The molecule has 114 valence electrons. The molecule has 3 nitrogen and oxygen atoms in total. The maximum atomic E-state index is 12.1. The Balaban J connectivity index is 1.65. The van der Waals surface area contributed by atoms with Crippen LogP contribution in [0.25, 0.3) is 0 Å². The van der Waals surface area contributed by atoms with Crippen molar-refractivity contribution in [2.75, 3.05) is 5.32 Å². The highest BCUT2D eigenvalue weighted by molar-refractivity contribution is 6.30. The van der Waals surface area contributed by atoms with Gasteiger partial charge in [0.1, 0.15) is 6.10 Å². The fourth-order valence-corrected chi connectivity index (χ4v) is 4.24. The number of fused-ring (bicyclic) bond motifs is 2. The van der Waals surface area contributed by atoms with Crippen LogP contribution < -0.4 is 5.32 Å². The van der Waals surface area contributed by atoms with Crippen molar-refractivity contribution in [2.45, 2.75) is 46.1 Å². The molecular weight excluding hydrogens is 286 g/mol. The second-order valence-electron chi connectivity index (χ2n) is 7.14. The zero-order valence-corrected chi connectivity index (χ0v) is 13.5. The second-order valence-corrected chi connectivity index (χ2v) is 7.57. The van der Waals surface area contributed by atoms with E-state index in [1.807, 2.05) is 0 Å². The van der Waals surface area contributed by atoms with Crippen molar-refractivity contribution < 1.29 is 9.53 Å². The summed E-state index contributed by atoms with van der Waals surface area (Å²) in [5.74, 6) is 0.663. The highest BCUT2D eigenvalue weighted by Crippen LogP contribution is 2.66. The van der Waals surface area contributed by atoms with E-state index in [0.29, 0.717) is 16.6 Å². The van der Waals surface area contributed by atoms with Crippen molar-refractivity contribution >= 4 is 23.4 Å². The standard InChI is InChI=1S/C17H22ClNO2/c1-16(2)11-8-9-17(16,3)14(10-11)21-15(20)19-13-6-4-12(18)5-7-13/h4-7,11,14H,8-10H2,1-3H3,(H,19,20). The van der Waals surface area contributed by atoms with Crippen LogP contribution in [0, 0.1) is 16.7 Å². The molecule has 2 fully saturated rings. The van der Waals surface area contributed by atoms with Gasteiger partial charge in [0.05, 0.1) is 0 Å². The fraction of sp³-hybridized carbons (Fsp3) is 0.588. The maximum absolute atomic E-state index is 12.1. The van der Waals surface area contributed by atoms with Gasteiger partial charge < -0.3 is 4.74 Å². The van der Waals surface area contributed by atoms with Crippen LogP contribution in [-0.2, 0) is 4.74 Å². The Morgan fingerprint density at radius 3 is 2.48 bits per heavy atom. The average molecular weight is 308 g/mol. The molecule has 1 amide bonds. The predicted molar refractivity (Wildman–Crippen MR) is 84.6 cm³/mol. The summed E-state index contributed by atoms with van der Waals surface area (Å²) in [5.41, 5.74) is 1.05. The molecule has 0 radical (unpaired) electrons. The monoisotopic (exact) mass is 307 g/mol. The van der Waals surface area contributed by atoms with Crippen molar-refractivity contribution in [1.82, 2.24) is 0 Å². The third-order valence-corrected chi connectivity index (χ3v) is 6.31. The van der Waals surface area contributed by atoms with E-state index in [9.17, 15) is 4.79 Å². The van der Waals surface area contributed by atoms with Crippen molar-refractivity contribution in [3.63, 3.8) is 0 Å². The number of carbonyl (C=O) groups is 1. The summed E-state index contributed by atoms with van der Waals surface area (Å²) >= 11 is 5.83. The van der Waals surface area contributed by atoms with E-state index in [1.54, 1.807) is 24.3 Å². The first-order valence-corrected chi connectivity index (χ1v) is 7.94. The van der Waals surface area contributed by atoms with Gasteiger partial charge in [-0.1, -0.05) is 32.4 Å². The molecule has 0 spiro atoms. The van der Waals surface area contributed by atoms with E-state index < -0.39 is 0 Å². The Morgan fingerprint density at radius 2 is 1.95 bits per heavy atom. The lowest BCUT2D eigenvalue weighted by Gasteiger charge is -2.38. The number of benzene rings is 1. The lowest BCUT2D eigenvalue weighted by Crippen LogP contribution is -2.39. The van der Waals surface area contributed by atoms with E-state index in [1.165, 1.54) is 6.42 Å². The van der Waals surface area contributed by atoms with Gasteiger partial charge in [0.2, 0.25) is 0 Å². The Morgan fingerprint density at radius 1 is 1.29 bits per heavy atom. The largest absolute Gasteiger partial charge is 0.445 e. The number of hydrogen-bond acceptors (Lipinski definition) is 2. The second kappa shape index (κ2) is 4.91. The molecule has 3 atom stereocenters. The van der Waals surface area contributed by atoms with Gasteiger partial charge in [-0.2, -0.15) is 0 Å². The minimum absolute atomic E-state index is 0.0125. The number of nitrogens with one attached hydrogen (secondary N) is 1. The van der Waals surface area contributed by atoms with Crippen LogP contribution in [0.3, 0.4) is 0 Å². The predicted octanol–water partition coefficient (Wildman–Crippen LogP) is 5.10. The molecule has 0 aliphatic heterocycles. The number of amides is 1. The summed E-state index contributed by atoms with van der Waals surface area (Å²) in [7, 11) is 0. The van der Waals surface area contributed by atoms with Crippen LogP contribution in [0.1, 0.15) is 40.0 Å².